The number of hydrogen-bond donors (Lipinski definition) is 5. The van der Waals surface area contributed by atoms with Crippen molar-refractivity contribution >= 4 is 11.2 Å². The van der Waals surface area contributed by atoms with Gasteiger partial charge in [0.05, 0.1) is 38.0 Å². The number of H-pyrrole nitrogens is 1. The molecule has 0 radical (unpaired) electrons. The molecule has 0 unspecified atom stereocenters. The summed E-state index contributed by atoms with van der Waals surface area (Å²) in [5.74, 6) is -0.219. The highest BCUT2D eigenvalue weighted by Crippen LogP contribution is 2.70. The molecule has 0 bridgehead atoms. The maximum atomic E-state index is 11.7. The van der Waals surface area contributed by atoms with Gasteiger partial charge in [-0.2, -0.15) is 0 Å². The molecule has 2 saturated carbocycles. The summed E-state index contributed by atoms with van der Waals surface area (Å²) >= 11 is 0. The van der Waals surface area contributed by atoms with Crippen molar-refractivity contribution in [2.45, 2.75) is 24.2 Å². The molecule has 9 heteroatoms. The molecule has 9 nitrogen and oxygen atoms in total. The van der Waals surface area contributed by atoms with Gasteiger partial charge < -0.3 is 30.0 Å². The van der Waals surface area contributed by atoms with Gasteiger partial charge in [-0.15, -0.1) is 0 Å². The summed E-state index contributed by atoms with van der Waals surface area (Å²) in [5.41, 5.74) is -2.64. The van der Waals surface area contributed by atoms with Crippen LogP contribution in [-0.4, -0.2) is 64.9 Å². The number of aliphatic hydroxyl groups is 4. The van der Waals surface area contributed by atoms with Gasteiger partial charge in [0, 0.05) is 5.41 Å². The molecule has 0 saturated heterocycles. The van der Waals surface area contributed by atoms with E-state index in [0.29, 0.717) is 6.42 Å². The Morgan fingerprint density at radius 1 is 1.36 bits per heavy atom. The first-order valence-corrected chi connectivity index (χ1v) is 7.02. The molecule has 2 fully saturated rings. The Kier molecular flexibility index (Phi) is 2.60. The van der Waals surface area contributed by atoms with Crippen molar-refractivity contribution in [2.75, 3.05) is 13.2 Å². The lowest BCUT2D eigenvalue weighted by Gasteiger charge is -2.35. The second-order valence-electron chi connectivity index (χ2n) is 6.25. The monoisotopic (exact) mass is 308 g/mol. The molecule has 22 heavy (non-hydrogen) atoms. The fraction of sp³-hybridized carbons (Fsp3) is 0.615. The summed E-state index contributed by atoms with van der Waals surface area (Å²) in [7, 11) is 0. The van der Waals surface area contributed by atoms with E-state index >= 15 is 0 Å². The van der Waals surface area contributed by atoms with Crippen LogP contribution in [0.4, 0.5) is 0 Å². The number of aromatic nitrogens is 4. The lowest BCUT2D eigenvalue weighted by molar-refractivity contribution is -0.136. The van der Waals surface area contributed by atoms with Crippen LogP contribution in [0.3, 0.4) is 0 Å². The van der Waals surface area contributed by atoms with E-state index in [-0.39, 0.29) is 23.7 Å². The van der Waals surface area contributed by atoms with Crippen molar-refractivity contribution in [1.29, 1.82) is 0 Å². The predicted octanol–water partition coefficient (Wildman–Crippen LogP) is -2.24. The molecule has 2 aromatic heterocycles. The molecule has 2 aromatic rings. The van der Waals surface area contributed by atoms with Crippen LogP contribution < -0.4 is 5.56 Å². The molecular weight excluding hydrogens is 292 g/mol. The molecule has 2 aliphatic carbocycles. The van der Waals surface area contributed by atoms with Crippen LogP contribution in [0.15, 0.2) is 17.4 Å². The van der Waals surface area contributed by atoms with E-state index in [4.69, 9.17) is 0 Å². The molecule has 4 rings (SSSR count). The predicted molar refractivity (Wildman–Crippen MR) is 72.9 cm³/mol. The van der Waals surface area contributed by atoms with E-state index in [1.807, 2.05) is 0 Å². The zero-order chi connectivity index (χ0) is 15.7. The minimum atomic E-state index is -1.82. The summed E-state index contributed by atoms with van der Waals surface area (Å²) in [6.45, 7) is -0.946. The topological polar surface area (TPSA) is 144 Å². The zero-order valence-electron chi connectivity index (χ0n) is 11.5. The van der Waals surface area contributed by atoms with Gasteiger partial charge in [-0.25, -0.2) is 9.97 Å². The maximum Gasteiger partial charge on any atom is 0.278 e. The van der Waals surface area contributed by atoms with Crippen molar-refractivity contribution in [3.05, 3.63) is 23.0 Å². The maximum absolute atomic E-state index is 11.7. The smallest absolute Gasteiger partial charge is 0.278 e. The average molecular weight is 308 g/mol. The van der Waals surface area contributed by atoms with Crippen LogP contribution >= 0.6 is 0 Å². The Hall–Kier alpha value is -1.81. The SMILES string of the molecule is O=c1[nH]cnc2c1ncn2[C@@H]1[C@H]2C[C@@]2(CO)[C@@H](O)[C@]1(O)CO. The minimum Gasteiger partial charge on any atom is -0.396 e. The number of fused-ring (bicyclic) bond motifs is 2. The first-order chi connectivity index (χ1) is 10.5. The van der Waals surface area contributed by atoms with E-state index in [2.05, 4.69) is 15.0 Å². The van der Waals surface area contributed by atoms with E-state index in [9.17, 15) is 25.2 Å². The normalized spacial score (nSPS) is 40.1. The third-order valence-electron chi connectivity index (χ3n) is 5.30. The molecule has 0 spiro atoms. The standard InChI is InChI=1S/C13H16N4O5/c18-2-12-1-6(12)8(13(22,3-19)11(12)21)17-5-16-7-9(17)14-4-15-10(7)20/h4-6,8,11,18-19,21-22H,1-3H2,(H,14,15,20)/t6-,8-,11-,12+,13+/m1/s1. The van der Waals surface area contributed by atoms with Gasteiger partial charge in [-0.05, 0) is 12.3 Å². The van der Waals surface area contributed by atoms with Crippen molar-refractivity contribution in [1.82, 2.24) is 19.5 Å². The highest BCUT2D eigenvalue weighted by Gasteiger charge is 2.76. The molecule has 2 aliphatic rings. The molecule has 0 amide bonds. The molecule has 2 heterocycles. The summed E-state index contributed by atoms with van der Waals surface area (Å²) in [5, 5.41) is 40.4. The highest BCUT2D eigenvalue weighted by atomic mass is 16.4. The first kappa shape index (κ1) is 13.8. The average Bonchev–Trinajstić information content (AvgIpc) is 3.04. The Bertz CT molecular complexity index is 803. The largest absolute Gasteiger partial charge is 0.396 e. The van der Waals surface area contributed by atoms with Crippen LogP contribution in [-0.2, 0) is 0 Å². The first-order valence-electron chi connectivity index (χ1n) is 7.02. The second-order valence-corrected chi connectivity index (χ2v) is 6.25. The van der Waals surface area contributed by atoms with Gasteiger partial charge >= 0.3 is 0 Å². The van der Waals surface area contributed by atoms with Gasteiger partial charge in [0.2, 0.25) is 0 Å². The number of hydrogen-bond acceptors (Lipinski definition) is 7. The van der Waals surface area contributed by atoms with Crippen LogP contribution in [0.5, 0.6) is 0 Å². The highest BCUT2D eigenvalue weighted by molar-refractivity contribution is 5.69. The van der Waals surface area contributed by atoms with Crippen LogP contribution in [0, 0.1) is 11.3 Å². The lowest BCUT2D eigenvalue weighted by Crippen LogP contribution is -2.52. The number of rotatable bonds is 3. The van der Waals surface area contributed by atoms with Gasteiger partial charge in [0.15, 0.2) is 11.2 Å². The van der Waals surface area contributed by atoms with Crippen molar-refractivity contribution in [3.8, 4) is 0 Å². The van der Waals surface area contributed by atoms with Gasteiger partial charge in [0.1, 0.15) is 5.60 Å². The second kappa shape index (κ2) is 4.13. The van der Waals surface area contributed by atoms with Crippen LogP contribution in [0.1, 0.15) is 12.5 Å². The van der Waals surface area contributed by atoms with Gasteiger partial charge in [-0.1, -0.05) is 0 Å². The molecular formula is C13H16N4O5. The number of aliphatic hydroxyl groups excluding tert-OH is 3. The molecule has 0 aromatic carbocycles. The van der Waals surface area contributed by atoms with Crippen LogP contribution in [0.25, 0.3) is 11.2 Å². The van der Waals surface area contributed by atoms with Gasteiger partial charge in [0.25, 0.3) is 5.56 Å². The quantitative estimate of drug-likeness (QED) is 0.431. The molecule has 0 aliphatic heterocycles. The number of imidazole rings is 1. The minimum absolute atomic E-state index is 0.124. The third kappa shape index (κ3) is 1.39. The van der Waals surface area contributed by atoms with E-state index in [1.165, 1.54) is 17.2 Å². The fourth-order valence-corrected chi connectivity index (χ4v) is 4.05. The fourth-order valence-electron chi connectivity index (χ4n) is 4.05. The van der Waals surface area contributed by atoms with E-state index in [1.54, 1.807) is 0 Å². The third-order valence-corrected chi connectivity index (χ3v) is 5.30. The Labute approximate surface area is 123 Å². The molecule has 5 N–H and O–H groups in total. The Balaban J connectivity index is 1.91. The zero-order valence-corrected chi connectivity index (χ0v) is 11.5. The van der Waals surface area contributed by atoms with Crippen LogP contribution in [0.2, 0.25) is 0 Å². The number of nitrogens with zero attached hydrogens (tertiary/aromatic N) is 3. The number of aromatic amines is 1. The number of nitrogens with one attached hydrogen (secondary N) is 1. The molecule has 118 valence electrons. The summed E-state index contributed by atoms with van der Waals surface area (Å²) in [6, 6.07) is -0.709. The summed E-state index contributed by atoms with van der Waals surface area (Å²) in [6.07, 6.45) is 1.87. The van der Waals surface area contributed by atoms with Gasteiger partial charge in [-0.3, -0.25) is 4.79 Å². The molecule has 5 atom stereocenters. The Morgan fingerprint density at radius 2 is 2.14 bits per heavy atom. The lowest BCUT2D eigenvalue weighted by atomic mass is 9.88. The van der Waals surface area contributed by atoms with Crippen molar-refractivity contribution in [2.24, 2.45) is 11.3 Å². The Morgan fingerprint density at radius 3 is 2.82 bits per heavy atom. The van der Waals surface area contributed by atoms with E-state index < -0.39 is 35.3 Å². The summed E-state index contributed by atoms with van der Waals surface area (Å²) in [4.78, 5) is 22.2. The van der Waals surface area contributed by atoms with Crippen molar-refractivity contribution in [3.63, 3.8) is 0 Å². The van der Waals surface area contributed by atoms with E-state index in [0.717, 1.165) is 0 Å². The van der Waals surface area contributed by atoms with Crippen molar-refractivity contribution < 1.29 is 20.4 Å². The summed E-state index contributed by atoms with van der Waals surface area (Å²) < 4.78 is 1.51.